The molecule has 34 heavy (non-hydrogen) atoms. The highest BCUT2D eigenvalue weighted by Gasteiger charge is 2.33. The number of aryl methyl sites for hydroxylation is 1. The van der Waals surface area contributed by atoms with Gasteiger partial charge in [0.2, 0.25) is 5.91 Å². The maximum absolute atomic E-state index is 12.5. The fourth-order valence-electron chi connectivity index (χ4n) is 3.26. The number of pyridine rings is 1. The van der Waals surface area contributed by atoms with Crippen LogP contribution in [0.1, 0.15) is 22.5 Å². The van der Waals surface area contributed by atoms with Crippen LogP contribution in [0.3, 0.4) is 0 Å². The molecule has 4 atom stereocenters. The monoisotopic (exact) mass is 470 g/mol. The minimum Gasteiger partial charge on any atom is -0.480 e. The SMILES string of the molecule is NC1NC(=O)C(NC(=O)Nc2ccc(C(=O)N[C@@H](CCc3ccccc3)C(=O)O)nc2)C(N)N1. The first-order chi connectivity index (χ1) is 16.2. The van der Waals surface area contributed by atoms with E-state index in [1.807, 2.05) is 30.3 Å². The third kappa shape index (κ3) is 6.71. The number of hydrogen-bond donors (Lipinski definition) is 8. The van der Waals surface area contributed by atoms with Crippen LogP contribution in [-0.4, -0.2) is 58.4 Å². The van der Waals surface area contributed by atoms with Gasteiger partial charge in [0.25, 0.3) is 5.91 Å². The Kier molecular flexibility index (Phi) is 8.08. The van der Waals surface area contributed by atoms with Crippen LogP contribution in [0.25, 0.3) is 0 Å². The molecule has 13 heteroatoms. The molecule has 0 bridgehead atoms. The second-order valence-electron chi connectivity index (χ2n) is 7.58. The summed E-state index contributed by atoms with van der Waals surface area (Å²) in [5.74, 6) is -2.36. The molecule has 2 aromatic rings. The van der Waals surface area contributed by atoms with Gasteiger partial charge in [-0.2, -0.15) is 0 Å². The number of anilines is 1. The first kappa shape index (κ1) is 24.6. The van der Waals surface area contributed by atoms with Gasteiger partial charge < -0.3 is 32.1 Å². The summed E-state index contributed by atoms with van der Waals surface area (Å²) >= 11 is 0. The highest BCUT2D eigenvalue weighted by atomic mass is 16.4. The van der Waals surface area contributed by atoms with E-state index >= 15 is 0 Å². The molecule has 3 rings (SSSR count). The van der Waals surface area contributed by atoms with Crippen LogP contribution in [0.5, 0.6) is 0 Å². The normalized spacial score (nSPS) is 20.5. The van der Waals surface area contributed by atoms with Crippen molar-refractivity contribution in [3.63, 3.8) is 0 Å². The lowest BCUT2D eigenvalue weighted by atomic mass is 10.1. The molecule has 180 valence electrons. The van der Waals surface area contributed by atoms with Gasteiger partial charge >= 0.3 is 12.0 Å². The standard InChI is InChI=1S/C21H26N8O5/c22-16-15(18(31)29-20(23)28-16)27-21(34)25-12-7-9-13(24-10-12)17(30)26-14(19(32)33)8-6-11-4-2-1-3-5-11/h1-5,7,9-10,14-16,20,28H,6,8,22-23H2,(H,26,30)(H,29,31)(H,32,33)(H2,25,27,34)/t14-,15?,16?,20?/m0/s1. The minimum atomic E-state index is -1.15. The molecular weight excluding hydrogens is 444 g/mol. The lowest BCUT2D eigenvalue weighted by Crippen LogP contribution is -2.73. The van der Waals surface area contributed by atoms with Gasteiger partial charge in [-0.1, -0.05) is 30.3 Å². The maximum Gasteiger partial charge on any atom is 0.326 e. The summed E-state index contributed by atoms with van der Waals surface area (Å²) in [7, 11) is 0. The van der Waals surface area contributed by atoms with Gasteiger partial charge in [0.1, 0.15) is 24.1 Å². The molecule has 2 heterocycles. The molecule has 1 aliphatic heterocycles. The van der Waals surface area contributed by atoms with E-state index < -0.39 is 48.4 Å². The Balaban J connectivity index is 1.53. The summed E-state index contributed by atoms with van der Waals surface area (Å²) in [5, 5.41) is 21.8. The third-order valence-corrected chi connectivity index (χ3v) is 5.02. The van der Waals surface area contributed by atoms with E-state index in [0.717, 1.165) is 5.56 Å². The zero-order valence-electron chi connectivity index (χ0n) is 18.0. The van der Waals surface area contributed by atoms with Crippen molar-refractivity contribution in [3.8, 4) is 0 Å². The zero-order chi connectivity index (χ0) is 24.7. The van der Waals surface area contributed by atoms with E-state index in [-0.39, 0.29) is 17.8 Å². The molecule has 0 radical (unpaired) electrons. The highest BCUT2D eigenvalue weighted by Crippen LogP contribution is 2.09. The van der Waals surface area contributed by atoms with E-state index in [0.29, 0.717) is 6.42 Å². The molecule has 1 aliphatic rings. The van der Waals surface area contributed by atoms with E-state index in [9.17, 15) is 24.3 Å². The number of carboxylic acids is 1. The minimum absolute atomic E-state index is 0.0243. The number of carbonyl (C=O) groups excluding carboxylic acids is 3. The van der Waals surface area contributed by atoms with Crippen molar-refractivity contribution in [2.24, 2.45) is 11.5 Å². The molecule has 3 unspecified atom stereocenters. The van der Waals surface area contributed by atoms with E-state index in [4.69, 9.17) is 11.5 Å². The molecule has 1 saturated heterocycles. The summed E-state index contributed by atoms with van der Waals surface area (Å²) < 4.78 is 0. The Morgan fingerprint density at radius 3 is 2.47 bits per heavy atom. The molecule has 1 aromatic carbocycles. The average molecular weight is 470 g/mol. The number of benzene rings is 1. The van der Waals surface area contributed by atoms with Crippen LogP contribution >= 0.6 is 0 Å². The van der Waals surface area contributed by atoms with Crippen molar-refractivity contribution < 1.29 is 24.3 Å². The van der Waals surface area contributed by atoms with Crippen LogP contribution in [0.4, 0.5) is 10.5 Å². The Labute approximate surface area is 194 Å². The molecule has 10 N–H and O–H groups in total. The Morgan fingerprint density at radius 2 is 1.85 bits per heavy atom. The predicted molar refractivity (Wildman–Crippen MR) is 121 cm³/mol. The highest BCUT2D eigenvalue weighted by molar-refractivity contribution is 5.96. The van der Waals surface area contributed by atoms with E-state index in [1.54, 1.807) is 0 Å². The van der Waals surface area contributed by atoms with E-state index in [1.165, 1.54) is 18.3 Å². The van der Waals surface area contributed by atoms with Crippen LogP contribution in [0.2, 0.25) is 0 Å². The van der Waals surface area contributed by atoms with Crippen molar-refractivity contribution >= 4 is 29.5 Å². The fourth-order valence-corrected chi connectivity index (χ4v) is 3.26. The topological polar surface area (TPSA) is 214 Å². The van der Waals surface area contributed by atoms with Gasteiger partial charge in [-0.3, -0.25) is 20.6 Å². The number of nitrogens with two attached hydrogens (primary N) is 2. The van der Waals surface area contributed by atoms with Crippen molar-refractivity contribution in [3.05, 3.63) is 59.9 Å². The predicted octanol–water partition coefficient (Wildman–Crippen LogP) is -1.37. The lowest BCUT2D eigenvalue weighted by Gasteiger charge is -2.33. The summed E-state index contributed by atoms with van der Waals surface area (Å²) in [4.78, 5) is 52.1. The number of carboxylic acid groups (broad SMARTS) is 1. The van der Waals surface area contributed by atoms with Crippen LogP contribution in [0, 0.1) is 0 Å². The smallest absolute Gasteiger partial charge is 0.326 e. The fraction of sp³-hybridized carbons (Fsp3) is 0.286. The van der Waals surface area contributed by atoms with Gasteiger partial charge in [0, 0.05) is 0 Å². The number of aliphatic carboxylic acids is 1. The van der Waals surface area contributed by atoms with Gasteiger partial charge in [0.15, 0.2) is 0 Å². The third-order valence-electron chi connectivity index (χ3n) is 5.02. The van der Waals surface area contributed by atoms with Crippen molar-refractivity contribution in [2.75, 3.05) is 5.32 Å². The summed E-state index contributed by atoms with van der Waals surface area (Å²) in [6, 6.07) is 9.21. The first-order valence-corrected chi connectivity index (χ1v) is 10.4. The summed E-state index contributed by atoms with van der Waals surface area (Å²) in [6.45, 7) is 0. The molecule has 0 spiro atoms. The van der Waals surface area contributed by atoms with Gasteiger partial charge in [-0.25, -0.2) is 14.6 Å². The van der Waals surface area contributed by atoms with Gasteiger partial charge in [0.05, 0.1) is 18.1 Å². The number of urea groups is 1. The molecule has 1 aromatic heterocycles. The van der Waals surface area contributed by atoms with E-state index in [2.05, 4.69) is 31.6 Å². The molecule has 4 amide bonds. The van der Waals surface area contributed by atoms with Crippen LogP contribution in [0.15, 0.2) is 48.7 Å². The average Bonchev–Trinajstić information content (AvgIpc) is 2.80. The summed E-state index contributed by atoms with van der Waals surface area (Å²) in [5.41, 5.74) is 12.5. The number of hydrogen-bond acceptors (Lipinski definition) is 8. The second-order valence-corrected chi connectivity index (χ2v) is 7.58. The molecule has 0 aliphatic carbocycles. The largest absolute Gasteiger partial charge is 0.480 e. The van der Waals surface area contributed by atoms with Gasteiger partial charge in [-0.05, 0) is 30.5 Å². The number of nitrogens with one attached hydrogen (secondary N) is 5. The summed E-state index contributed by atoms with van der Waals surface area (Å²) in [6.07, 6.45) is 0.214. The van der Waals surface area contributed by atoms with Crippen molar-refractivity contribution in [2.45, 2.75) is 37.4 Å². The molecule has 13 nitrogen and oxygen atoms in total. The van der Waals surface area contributed by atoms with Crippen molar-refractivity contribution in [1.82, 2.24) is 26.3 Å². The van der Waals surface area contributed by atoms with Crippen LogP contribution < -0.4 is 38.1 Å². The second kappa shape index (κ2) is 11.2. The van der Waals surface area contributed by atoms with Crippen molar-refractivity contribution in [1.29, 1.82) is 0 Å². The van der Waals surface area contributed by atoms with Crippen LogP contribution in [-0.2, 0) is 16.0 Å². The zero-order valence-corrected chi connectivity index (χ0v) is 18.0. The molecule has 1 fully saturated rings. The molecular formula is C21H26N8O5. The Morgan fingerprint density at radius 1 is 1.12 bits per heavy atom. The Bertz CT molecular complexity index is 1030. The number of amides is 4. The number of rotatable bonds is 8. The lowest BCUT2D eigenvalue weighted by molar-refractivity contribution is -0.139. The maximum atomic E-state index is 12.5. The number of nitrogens with zero attached hydrogens (tertiary/aromatic N) is 1. The first-order valence-electron chi connectivity index (χ1n) is 10.4. The number of carbonyl (C=O) groups is 4. The quantitative estimate of drug-likeness (QED) is 0.228. The molecule has 0 saturated carbocycles. The number of aromatic nitrogens is 1. The van der Waals surface area contributed by atoms with Gasteiger partial charge in [-0.15, -0.1) is 0 Å². The Hall–Kier alpha value is -4.07.